The third-order valence-corrected chi connectivity index (χ3v) is 8.99. The molecule has 4 rings (SSSR count). The number of unbranched alkanes of at least 4 members (excludes halogenated alkanes) is 2. The number of rotatable bonds is 11. The molecule has 1 heterocycles. The molecule has 1 aromatic rings. The highest BCUT2D eigenvalue weighted by Gasteiger charge is 2.50. The average molecular weight is 484 g/mol. The monoisotopic (exact) mass is 483 g/mol. The van der Waals surface area contributed by atoms with E-state index in [9.17, 15) is 9.59 Å². The molecular formula is C29H45N3O3. The van der Waals surface area contributed by atoms with Crippen LogP contribution in [0.2, 0.25) is 0 Å². The van der Waals surface area contributed by atoms with E-state index in [1.165, 1.54) is 18.5 Å². The number of hydrogen-bond donors (Lipinski definition) is 0. The van der Waals surface area contributed by atoms with Crippen LogP contribution in [0.4, 0.5) is 0 Å². The normalized spacial score (nSPS) is 29.0. The summed E-state index contributed by atoms with van der Waals surface area (Å²) in [6.07, 6.45) is 19.8. The quantitative estimate of drug-likeness (QED) is 0.226. The van der Waals surface area contributed by atoms with Crippen molar-refractivity contribution >= 4 is 11.8 Å². The van der Waals surface area contributed by atoms with E-state index in [4.69, 9.17) is 4.74 Å². The minimum atomic E-state index is 0.00604. The highest BCUT2D eigenvalue weighted by molar-refractivity contribution is 5.77. The summed E-state index contributed by atoms with van der Waals surface area (Å²) in [7, 11) is 1.99. The number of carbonyl (C=O) groups excluding carboxylic acids is 2. The largest absolute Gasteiger partial charge is 0.465 e. The van der Waals surface area contributed by atoms with Gasteiger partial charge in [0.15, 0.2) is 0 Å². The number of aryl methyl sites for hydroxylation is 2. The number of allylic oxidation sites excluding steroid dienone is 2. The zero-order chi connectivity index (χ0) is 24.6. The van der Waals surface area contributed by atoms with E-state index in [-0.39, 0.29) is 5.97 Å². The fourth-order valence-electron chi connectivity index (χ4n) is 6.68. The van der Waals surface area contributed by atoms with Crippen molar-refractivity contribution in [2.75, 3.05) is 6.61 Å². The van der Waals surface area contributed by atoms with Crippen LogP contribution in [0.25, 0.3) is 0 Å². The molecule has 0 N–H and O–H groups in total. The molecule has 1 saturated carbocycles. The summed E-state index contributed by atoms with van der Waals surface area (Å²) < 4.78 is 7.83. The van der Waals surface area contributed by atoms with E-state index in [0.717, 1.165) is 76.3 Å². The number of nitrogens with zero attached hydrogens (tertiary/aromatic N) is 3. The molecule has 194 valence electrons. The van der Waals surface area contributed by atoms with Gasteiger partial charge in [0.25, 0.3) is 0 Å². The van der Waals surface area contributed by atoms with Crippen LogP contribution >= 0.6 is 0 Å². The molecule has 5 atom stereocenters. The van der Waals surface area contributed by atoms with Crippen LogP contribution in [0.1, 0.15) is 102 Å². The number of Topliss-reactive ketones (excluding diaryl/α,β-unsaturated/α-hetero) is 1. The van der Waals surface area contributed by atoms with E-state index in [1.807, 2.05) is 18.7 Å². The Bertz CT molecular complexity index is 877. The first kappa shape index (κ1) is 26.1. The molecule has 6 nitrogen and oxygen atoms in total. The third-order valence-electron chi connectivity index (χ3n) is 8.99. The maximum absolute atomic E-state index is 12.9. The number of ketones is 1. The topological polar surface area (TPSA) is 74.1 Å². The van der Waals surface area contributed by atoms with E-state index < -0.39 is 0 Å². The van der Waals surface area contributed by atoms with Crippen molar-refractivity contribution < 1.29 is 14.3 Å². The minimum Gasteiger partial charge on any atom is -0.465 e. The Morgan fingerprint density at radius 3 is 2.51 bits per heavy atom. The molecule has 6 heteroatoms. The molecule has 0 radical (unpaired) electrons. The van der Waals surface area contributed by atoms with Gasteiger partial charge in [-0.2, -0.15) is 0 Å². The summed E-state index contributed by atoms with van der Waals surface area (Å²) in [6, 6.07) is 0. The fourth-order valence-corrected chi connectivity index (χ4v) is 6.68. The predicted octanol–water partition coefficient (Wildman–Crippen LogP) is 5.78. The maximum atomic E-state index is 12.9. The van der Waals surface area contributed by atoms with Gasteiger partial charge in [0.2, 0.25) is 0 Å². The summed E-state index contributed by atoms with van der Waals surface area (Å²) in [5, 5.41) is 8.54. The fraction of sp³-hybridized carbons (Fsp3) is 0.793. The van der Waals surface area contributed by atoms with Gasteiger partial charge in [-0.3, -0.25) is 14.3 Å². The lowest BCUT2D eigenvalue weighted by Crippen LogP contribution is -2.21. The average Bonchev–Trinajstić information content (AvgIpc) is 3.36. The van der Waals surface area contributed by atoms with Crippen molar-refractivity contribution in [1.82, 2.24) is 15.0 Å². The Hall–Kier alpha value is -1.98. The van der Waals surface area contributed by atoms with Crippen LogP contribution in [0.15, 0.2) is 12.2 Å². The number of fused-ring (bicyclic) bond motifs is 2. The van der Waals surface area contributed by atoms with Crippen molar-refractivity contribution in [1.29, 1.82) is 0 Å². The molecule has 3 aliphatic carbocycles. The summed E-state index contributed by atoms with van der Waals surface area (Å²) in [5.41, 5.74) is 2.45. The Balaban J connectivity index is 1.20. The molecule has 0 amide bonds. The maximum Gasteiger partial charge on any atom is 0.306 e. The van der Waals surface area contributed by atoms with Gasteiger partial charge in [0, 0.05) is 26.3 Å². The van der Waals surface area contributed by atoms with E-state index >= 15 is 0 Å². The molecule has 3 aliphatic rings. The first-order chi connectivity index (χ1) is 17.1. The number of carbonyl (C=O) groups is 2. The standard InChI is InChI=1S/C29H45N3O3/c1-3-23(33)14-10-6-9-12-21-11-7-4-5-8-13-22(21)19-29(34)35-20-26-24-15-17-27-28(18-16-25(24)26)32(2)31-30-27/h4-5,21-22,24-26H,3,6-20H2,1-2H3/b5-4+/t21-,22+,24?,25?,26?/m1/s1. The molecule has 0 spiro atoms. The molecule has 0 aliphatic heterocycles. The molecule has 0 aromatic carbocycles. The van der Waals surface area contributed by atoms with Crippen LogP contribution in [0.5, 0.6) is 0 Å². The smallest absolute Gasteiger partial charge is 0.306 e. The van der Waals surface area contributed by atoms with Gasteiger partial charge < -0.3 is 4.74 Å². The lowest BCUT2D eigenvalue weighted by atomic mass is 9.78. The van der Waals surface area contributed by atoms with E-state index in [0.29, 0.717) is 54.8 Å². The summed E-state index contributed by atoms with van der Waals surface area (Å²) in [6.45, 7) is 2.54. The summed E-state index contributed by atoms with van der Waals surface area (Å²) in [4.78, 5) is 24.4. The molecular weight excluding hydrogens is 438 g/mol. The van der Waals surface area contributed by atoms with Gasteiger partial charge in [0.1, 0.15) is 5.78 Å². The zero-order valence-electron chi connectivity index (χ0n) is 21.9. The van der Waals surface area contributed by atoms with Crippen molar-refractivity contribution in [2.45, 2.75) is 103 Å². The highest BCUT2D eigenvalue weighted by atomic mass is 16.5. The van der Waals surface area contributed by atoms with Crippen molar-refractivity contribution in [3.63, 3.8) is 0 Å². The van der Waals surface area contributed by atoms with Gasteiger partial charge in [-0.15, -0.1) is 5.10 Å². The first-order valence-corrected chi connectivity index (χ1v) is 14.3. The molecule has 35 heavy (non-hydrogen) atoms. The van der Waals surface area contributed by atoms with Gasteiger partial charge in [-0.05, 0) is 87.4 Å². The second-order valence-electron chi connectivity index (χ2n) is 11.2. The molecule has 1 aromatic heterocycles. The Kier molecular flexibility index (Phi) is 9.56. The number of hydrogen-bond acceptors (Lipinski definition) is 5. The van der Waals surface area contributed by atoms with Gasteiger partial charge >= 0.3 is 5.97 Å². The Morgan fingerprint density at radius 2 is 1.74 bits per heavy atom. The lowest BCUT2D eigenvalue weighted by molar-refractivity contribution is -0.146. The van der Waals surface area contributed by atoms with Crippen LogP contribution in [-0.4, -0.2) is 33.4 Å². The molecule has 3 unspecified atom stereocenters. The van der Waals surface area contributed by atoms with E-state index in [1.54, 1.807) is 0 Å². The first-order valence-electron chi connectivity index (χ1n) is 14.3. The summed E-state index contributed by atoms with van der Waals surface area (Å²) >= 11 is 0. The Labute approximate surface area is 211 Å². The van der Waals surface area contributed by atoms with Crippen LogP contribution < -0.4 is 0 Å². The molecule has 0 bridgehead atoms. The summed E-state index contributed by atoms with van der Waals surface area (Å²) in [5.74, 6) is 3.29. The molecule has 1 fully saturated rings. The van der Waals surface area contributed by atoms with Crippen LogP contribution in [0, 0.1) is 29.6 Å². The highest BCUT2D eigenvalue weighted by Crippen LogP contribution is 2.53. The minimum absolute atomic E-state index is 0.00604. The Morgan fingerprint density at radius 1 is 1.00 bits per heavy atom. The number of ether oxygens (including phenoxy) is 1. The van der Waals surface area contributed by atoms with E-state index in [2.05, 4.69) is 22.5 Å². The lowest BCUT2D eigenvalue weighted by Gasteiger charge is -2.27. The van der Waals surface area contributed by atoms with Crippen molar-refractivity contribution in [3.05, 3.63) is 23.5 Å². The molecule has 0 saturated heterocycles. The van der Waals surface area contributed by atoms with Gasteiger partial charge in [0.05, 0.1) is 18.0 Å². The number of esters is 1. The van der Waals surface area contributed by atoms with Crippen molar-refractivity contribution in [3.8, 4) is 0 Å². The third kappa shape index (κ3) is 7.27. The zero-order valence-corrected chi connectivity index (χ0v) is 21.9. The van der Waals surface area contributed by atoms with Crippen LogP contribution in [-0.2, 0) is 34.2 Å². The van der Waals surface area contributed by atoms with Crippen LogP contribution in [0.3, 0.4) is 0 Å². The van der Waals surface area contributed by atoms with Gasteiger partial charge in [-0.1, -0.05) is 43.6 Å². The van der Waals surface area contributed by atoms with Gasteiger partial charge in [-0.25, -0.2) is 0 Å². The predicted molar refractivity (Wildman–Crippen MR) is 137 cm³/mol. The SMILES string of the molecule is CCC(=O)CCCCC[C@H]1CC/C=C/CC[C@H]1CC(=O)OCC1C2CCc3nnn(C)c3CCC21. The second kappa shape index (κ2) is 12.8. The second-order valence-corrected chi connectivity index (χ2v) is 11.2. The number of aromatic nitrogens is 3. The van der Waals surface area contributed by atoms with Crippen molar-refractivity contribution in [2.24, 2.45) is 36.6 Å².